The van der Waals surface area contributed by atoms with Crippen molar-refractivity contribution in [3.63, 3.8) is 0 Å². The number of hydrogen-bond acceptors (Lipinski definition) is 3. The topological polar surface area (TPSA) is 62.3 Å². The van der Waals surface area contributed by atoms with E-state index >= 15 is 0 Å². The molecule has 0 saturated carbocycles. The van der Waals surface area contributed by atoms with E-state index in [9.17, 15) is 12.3 Å². The molecule has 0 atom stereocenters. The van der Waals surface area contributed by atoms with Crippen LogP contribution in [0.3, 0.4) is 0 Å². The van der Waals surface area contributed by atoms with Gasteiger partial charge in [0.15, 0.2) is 4.98 Å². The Morgan fingerprint density at radius 1 is 1.25 bits per heavy atom. The first kappa shape index (κ1) is 8.62. The molecule has 0 aliphatic heterocycles. The molecule has 0 heterocycles. The third-order valence-corrected chi connectivity index (χ3v) is 2.07. The summed E-state index contributed by atoms with van der Waals surface area (Å²) >= 11 is 0. The number of diazo groups is 1. The van der Waals surface area contributed by atoms with Crippen LogP contribution in [0, 0.1) is 5.39 Å². The average Bonchev–Trinajstić information content (AvgIpc) is 2.03. The molecule has 0 unspecified atom stereocenters. The minimum absolute atomic E-state index is 0.169. The Balaban J connectivity index is 3.20. The summed E-state index contributed by atoms with van der Waals surface area (Å²) in [7, 11) is -4.65. The molecule has 0 aromatic heterocycles. The lowest BCUT2D eigenvalue weighted by atomic mass is 10.3. The second-order valence-electron chi connectivity index (χ2n) is 2.03. The monoisotopic (exact) mass is 187 g/mol. The Morgan fingerprint density at radius 3 is 2.08 bits per heavy atom. The SMILES string of the molecule is N#[N+]c1ccc(S(=O)(=O)F)cc1. The number of halogens is 1. The van der Waals surface area contributed by atoms with Gasteiger partial charge in [-0.05, 0) is 12.1 Å². The maximum absolute atomic E-state index is 12.2. The molecule has 1 rings (SSSR count). The molecule has 0 fully saturated rings. The molecule has 6 heteroatoms. The predicted molar refractivity (Wildman–Crippen MR) is 39.5 cm³/mol. The molecule has 1 aromatic carbocycles. The fourth-order valence-corrected chi connectivity index (χ4v) is 1.14. The summed E-state index contributed by atoms with van der Waals surface area (Å²) in [5, 5.41) is 8.21. The highest BCUT2D eigenvalue weighted by atomic mass is 32.3. The van der Waals surface area contributed by atoms with Crippen molar-refractivity contribution < 1.29 is 12.3 Å². The van der Waals surface area contributed by atoms with Crippen molar-refractivity contribution >= 4 is 15.9 Å². The summed E-state index contributed by atoms with van der Waals surface area (Å²) in [6, 6.07) is 4.41. The number of benzene rings is 1. The van der Waals surface area contributed by atoms with Gasteiger partial charge in [0, 0.05) is 12.1 Å². The van der Waals surface area contributed by atoms with Crippen LogP contribution in [0.1, 0.15) is 0 Å². The van der Waals surface area contributed by atoms with E-state index in [0.717, 1.165) is 12.1 Å². The van der Waals surface area contributed by atoms with Crippen LogP contribution >= 0.6 is 0 Å². The van der Waals surface area contributed by atoms with Crippen molar-refractivity contribution in [2.24, 2.45) is 0 Å². The number of hydrogen-bond donors (Lipinski definition) is 0. The van der Waals surface area contributed by atoms with Crippen LogP contribution in [-0.2, 0) is 10.2 Å². The van der Waals surface area contributed by atoms with Gasteiger partial charge in [-0.25, -0.2) is 0 Å². The van der Waals surface area contributed by atoms with E-state index < -0.39 is 15.1 Å². The first-order chi connectivity index (χ1) is 5.54. The molecule has 0 radical (unpaired) electrons. The Kier molecular flexibility index (Phi) is 2.06. The highest BCUT2D eigenvalue weighted by Crippen LogP contribution is 2.17. The van der Waals surface area contributed by atoms with E-state index in [1.807, 2.05) is 0 Å². The van der Waals surface area contributed by atoms with E-state index in [1.165, 1.54) is 12.1 Å². The van der Waals surface area contributed by atoms with Gasteiger partial charge in [0.25, 0.3) is 0 Å². The van der Waals surface area contributed by atoms with Gasteiger partial charge in [-0.3, -0.25) is 0 Å². The van der Waals surface area contributed by atoms with E-state index in [4.69, 9.17) is 5.39 Å². The average molecular weight is 187 g/mol. The molecule has 0 saturated heterocycles. The van der Waals surface area contributed by atoms with E-state index in [2.05, 4.69) is 4.98 Å². The third kappa shape index (κ3) is 1.77. The van der Waals surface area contributed by atoms with Crippen LogP contribution in [0.25, 0.3) is 4.98 Å². The minimum Gasteiger partial charge on any atom is -0.189 e. The molecule has 0 amide bonds. The van der Waals surface area contributed by atoms with Gasteiger partial charge in [0.1, 0.15) is 0 Å². The van der Waals surface area contributed by atoms with Crippen LogP contribution in [0.5, 0.6) is 0 Å². The van der Waals surface area contributed by atoms with Crippen LogP contribution in [0.4, 0.5) is 9.57 Å². The zero-order chi connectivity index (χ0) is 9.19. The van der Waals surface area contributed by atoms with Crippen LogP contribution in [0.15, 0.2) is 29.2 Å². The molecule has 0 spiro atoms. The summed E-state index contributed by atoms with van der Waals surface area (Å²) in [5.74, 6) is 0. The smallest absolute Gasteiger partial charge is 0.189 e. The maximum Gasteiger partial charge on any atom is 0.385 e. The first-order valence-electron chi connectivity index (χ1n) is 2.94. The molecular formula is C6H4FN2O2S+. The lowest BCUT2D eigenvalue weighted by Gasteiger charge is -1.88. The second kappa shape index (κ2) is 2.87. The zero-order valence-electron chi connectivity index (χ0n) is 5.81. The first-order valence-corrected chi connectivity index (χ1v) is 4.32. The van der Waals surface area contributed by atoms with Crippen molar-refractivity contribution in [1.82, 2.24) is 0 Å². The van der Waals surface area contributed by atoms with Crippen molar-refractivity contribution in [3.05, 3.63) is 29.2 Å². The molecule has 62 valence electrons. The van der Waals surface area contributed by atoms with Gasteiger partial charge in [0.05, 0.1) is 4.90 Å². The summed E-state index contributed by atoms with van der Waals surface area (Å²) < 4.78 is 32.8. The molecule has 0 N–H and O–H groups in total. The van der Waals surface area contributed by atoms with Crippen molar-refractivity contribution in [1.29, 1.82) is 5.39 Å². The van der Waals surface area contributed by atoms with Gasteiger partial charge in [-0.2, -0.15) is 8.42 Å². The van der Waals surface area contributed by atoms with Crippen molar-refractivity contribution in [3.8, 4) is 0 Å². The standard InChI is InChI=1S/C6H4FN2O2S/c7-12(10,11)6-3-1-5(9-8)2-4-6/h1-4H/q+1. The van der Waals surface area contributed by atoms with Gasteiger partial charge >= 0.3 is 15.9 Å². The molecular weight excluding hydrogens is 183 g/mol. The van der Waals surface area contributed by atoms with Crippen molar-refractivity contribution in [2.45, 2.75) is 4.90 Å². The van der Waals surface area contributed by atoms with E-state index in [-0.39, 0.29) is 5.69 Å². The normalized spacial score (nSPS) is 10.7. The summed E-state index contributed by atoms with van der Waals surface area (Å²) in [5.41, 5.74) is 0.169. The summed E-state index contributed by atoms with van der Waals surface area (Å²) in [6.07, 6.45) is 0. The number of rotatable bonds is 1. The summed E-state index contributed by atoms with van der Waals surface area (Å²) in [6.45, 7) is 0. The Hall–Kier alpha value is -1.48. The minimum atomic E-state index is -4.65. The quantitative estimate of drug-likeness (QED) is 0.497. The van der Waals surface area contributed by atoms with E-state index in [0.29, 0.717) is 0 Å². The zero-order valence-corrected chi connectivity index (χ0v) is 6.62. The Labute approximate surface area is 68.5 Å². The highest BCUT2D eigenvalue weighted by Gasteiger charge is 2.13. The number of nitrogens with zero attached hydrogens (tertiary/aromatic N) is 2. The van der Waals surface area contributed by atoms with Gasteiger partial charge in [-0.1, -0.05) is 0 Å². The lowest BCUT2D eigenvalue weighted by molar-refractivity contribution is 0.552. The second-order valence-corrected chi connectivity index (χ2v) is 3.38. The molecule has 0 aliphatic rings. The third-order valence-electron chi connectivity index (χ3n) is 1.23. The maximum atomic E-state index is 12.2. The van der Waals surface area contributed by atoms with Gasteiger partial charge in [0.2, 0.25) is 5.39 Å². The fourth-order valence-electron chi connectivity index (χ4n) is 0.675. The lowest BCUT2D eigenvalue weighted by Crippen LogP contribution is -1.89. The Morgan fingerprint density at radius 2 is 1.75 bits per heavy atom. The fraction of sp³-hybridized carbons (Fsp3) is 0. The molecule has 12 heavy (non-hydrogen) atoms. The molecule has 1 aromatic rings. The largest absolute Gasteiger partial charge is 0.385 e. The molecule has 0 bridgehead atoms. The van der Waals surface area contributed by atoms with Gasteiger partial charge in [-0.15, -0.1) is 3.89 Å². The Bertz CT molecular complexity index is 418. The van der Waals surface area contributed by atoms with Crippen LogP contribution in [-0.4, -0.2) is 8.42 Å². The van der Waals surface area contributed by atoms with Crippen LogP contribution in [0.2, 0.25) is 0 Å². The molecule has 0 aliphatic carbocycles. The van der Waals surface area contributed by atoms with Gasteiger partial charge < -0.3 is 0 Å². The predicted octanol–water partition coefficient (Wildman–Crippen LogP) is 1.83. The van der Waals surface area contributed by atoms with Crippen LogP contribution < -0.4 is 0 Å². The van der Waals surface area contributed by atoms with E-state index in [1.54, 1.807) is 0 Å². The summed E-state index contributed by atoms with van der Waals surface area (Å²) in [4.78, 5) is 2.33. The molecule has 4 nitrogen and oxygen atoms in total. The van der Waals surface area contributed by atoms with Crippen molar-refractivity contribution in [2.75, 3.05) is 0 Å². The highest BCUT2D eigenvalue weighted by molar-refractivity contribution is 7.86.